The molecule has 132 valence electrons. The van der Waals surface area contributed by atoms with Crippen LogP contribution < -0.4 is 10.9 Å². The molecular formula is C19H24N4OS. The third-order valence-corrected chi connectivity index (χ3v) is 7.21. The van der Waals surface area contributed by atoms with E-state index < -0.39 is 0 Å². The van der Waals surface area contributed by atoms with Crippen LogP contribution in [0.3, 0.4) is 0 Å². The zero-order valence-corrected chi connectivity index (χ0v) is 15.1. The van der Waals surface area contributed by atoms with Crippen LogP contribution in [-0.2, 0) is 4.79 Å². The summed E-state index contributed by atoms with van der Waals surface area (Å²) in [5.74, 6) is 0.710. The molecule has 6 heteroatoms. The van der Waals surface area contributed by atoms with Crippen LogP contribution in [0.2, 0.25) is 0 Å². The quantitative estimate of drug-likeness (QED) is 0.868. The Labute approximate surface area is 151 Å². The number of amides is 1. The maximum absolute atomic E-state index is 13.3. The van der Waals surface area contributed by atoms with Gasteiger partial charge < -0.3 is 4.90 Å². The van der Waals surface area contributed by atoms with Crippen molar-refractivity contribution in [1.82, 2.24) is 20.7 Å². The molecule has 3 aliphatic rings. The molecule has 4 unspecified atom stereocenters. The van der Waals surface area contributed by atoms with E-state index in [2.05, 4.69) is 34.0 Å². The topological polar surface area (TPSA) is 57.3 Å². The Bertz CT molecular complexity index is 758. The lowest BCUT2D eigenvalue weighted by molar-refractivity contribution is -0.135. The fraction of sp³-hybridized carbons (Fsp3) is 0.579. The second kappa shape index (κ2) is 6.34. The molecule has 5 rings (SSSR count). The molecular weight excluding hydrogens is 332 g/mol. The van der Waals surface area contributed by atoms with E-state index in [0.717, 1.165) is 36.3 Å². The second-order valence-corrected chi connectivity index (χ2v) is 8.59. The minimum Gasteiger partial charge on any atom is -0.332 e. The number of fused-ring (bicyclic) bond motifs is 2. The Morgan fingerprint density at radius 1 is 1.12 bits per heavy atom. The number of rotatable bonds is 2. The second-order valence-electron chi connectivity index (χ2n) is 7.53. The Morgan fingerprint density at radius 2 is 2.00 bits per heavy atom. The molecule has 2 aliphatic heterocycles. The summed E-state index contributed by atoms with van der Waals surface area (Å²) in [7, 11) is 0. The summed E-state index contributed by atoms with van der Waals surface area (Å²) in [5.41, 5.74) is 7.74. The van der Waals surface area contributed by atoms with Crippen molar-refractivity contribution >= 4 is 27.5 Å². The Kier molecular flexibility index (Phi) is 3.99. The van der Waals surface area contributed by atoms with E-state index in [1.165, 1.54) is 24.0 Å². The molecule has 1 amide bonds. The minimum absolute atomic E-state index is 0.0692. The molecule has 2 N–H and O–H groups in total. The predicted molar refractivity (Wildman–Crippen MR) is 99.1 cm³/mol. The normalized spacial score (nSPS) is 32.2. The molecule has 1 aromatic carbocycles. The van der Waals surface area contributed by atoms with E-state index in [1.807, 2.05) is 6.07 Å². The van der Waals surface area contributed by atoms with Gasteiger partial charge in [-0.1, -0.05) is 25.0 Å². The number of hydrogen-bond donors (Lipinski definition) is 2. The van der Waals surface area contributed by atoms with Gasteiger partial charge in [-0.3, -0.25) is 10.2 Å². The Morgan fingerprint density at radius 3 is 2.92 bits per heavy atom. The van der Waals surface area contributed by atoms with Crippen molar-refractivity contribution in [2.75, 3.05) is 6.54 Å². The van der Waals surface area contributed by atoms with Crippen molar-refractivity contribution in [2.24, 2.45) is 5.92 Å². The molecule has 1 saturated carbocycles. The van der Waals surface area contributed by atoms with Gasteiger partial charge in [-0.15, -0.1) is 11.3 Å². The lowest BCUT2D eigenvalue weighted by Crippen LogP contribution is -2.47. The van der Waals surface area contributed by atoms with E-state index in [9.17, 15) is 4.79 Å². The van der Waals surface area contributed by atoms with Crippen LogP contribution in [0, 0.1) is 5.92 Å². The van der Waals surface area contributed by atoms with Crippen molar-refractivity contribution in [1.29, 1.82) is 0 Å². The summed E-state index contributed by atoms with van der Waals surface area (Å²) in [4.78, 5) is 20.2. The standard InChI is InChI=1S/C19H24N4OS/c24-19(17-12-6-1-2-7-13(12)21-22-17)23-11-5-9-15(23)18-20-14-8-3-4-10-16(14)25-18/h3-4,8,10,12-13,15,17,21-22H,1-2,5-7,9,11H2. The van der Waals surface area contributed by atoms with Crippen molar-refractivity contribution < 1.29 is 4.79 Å². The number of hydrazine groups is 1. The number of aromatic nitrogens is 1. The van der Waals surface area contributed by atoms with Gasteiger partial charge in [-0.05, 0) is 37.8 Å². The minimum atomic E-state index is -0.0692. The van der Waals surface area contributed by atoms with Crippen LogP contribution in [0.5, 0.6) is 0 Å². The maximum atomic E-state index is 13.3. The molecule has 0 radical (unpaired) electrons. The highest BCUT2D eigenvalue weighted by Crippen LogP contribution is 2.38. The highest BCUT2D eigenvalue weighted by Gasteiger charge is 2.45. The zero-order chi connectivity index (χ0) is 16.8. The lowest BCUT2D eigenvalue weighted by Gasteiger charge is -2.31. The number of likely N-dealkylation sites (tertiary alicyclic amines) is 1. The van der Waals surface area contributed by atoms with Gasteiger partial charge in [0.2, 0.25) is 5.91 Å². The molecule has 25 heavy (non-hydrogen) atoms. The molecule has 0 bridgehead atoms. The highest BCUT2D eigenvalue weighted by atomic mass is 32.1. The smallest absolute Gasteiger partial charge is 0.242 e. The van der Waals surface area contributed by atoms with Gasteiger partial charge in [-0.25, -0.2) is 10.4 Å². The highest BCUT2D eigenvalue weighted by molar-refractivity contribution is 7.18. The number of hydrogen-bond acceptors (Lipinski definition) is 5. The van der Waals surface area contributed by atoms with Crippen LogP contribution in [0.25, 0.3) is 10.2 Å². The van der Waals surface area contributed by atoms with Crippen molar-refractivity contribution in [2.45, 2.75) is 56.7 Å². The lowest BCUT2D eigenvalue weighted by atomic mass is 9.81. The molecule has 3 fully saturated rings. The summed E-state index contributed by atoms with van der Waals surface area (Å²) in [5, 5.41) is 1.10. The molecule has 1 aromatic heterocycles. The fourth-order valence-electron chi connectivity index (χ4n) is 4.78. The third-order valence-electron chi connectivity index (χ3n) is 6.07. The SMILES string of the molecule is O=C(C1NNC2CCCCC21)N1CCCC1c1nc2ccccc2s1. The molecule has 3 heterocycles. The number of para-hydroxylation sites is 1. The van der Waals surface area contributed by atoms with E-state index in [-0.39, 0.29) is 18.0 Å². The first-order valence-corrected chi connectivity index (χ1v) is 10.3. The Balaban J connectivity index is 1.39. The number of carbonyl (C=O) groups excluding carboxylic acids is 1. The molecule has 2 aromatic rings. The first-order valence-electron chi connectivity index (χ1n) is 9.48. The first-order chi connectivity index (χ1) is 12.3. The number of nitrogens with one attached hydrogen (secondary N) is 2. The average molecular weight is 356 g/mol. The van der Waals surface area contributed by atoms with Crippen LogP contribution in [0.15, 0.2) is 24.3 Å². The van der Waals surface area contributed by atoms with Gasteiger partial charge >= 0.3 is 0 Å². The van der Waals surface area contributed by atoms with Gasteiger partial charge in [0.1, 0.15) is 11.0 Å². The predicted octanol–water partition coefficient (Wildman–Crippen LogP) is 3.00. The van der Waals surface area contributed by atoms with Gasteiger partial charge in [0.15, 0.2) is 0 Å². The molecule has 2 saturated heterocycles. The summed E-state index contributed by atoms with van der Waals surface area (Å²) in [6, 6.07) is 8.80. The van der Waals surface area contributed by atoms with Gasteiger partial charge in [-0.2, -0.15) is 0 Å². The van der Waals surface area contributed by atoms with Gasteiger partial charge in [0.05, 0.1) is 16.3 Å². The molecule has 0 spiro atoms. The molecule has 4 atom stereocenters. The number of benzene rings is 1. The summed E-state index contributed by atoms with van der Waals surface area (Å²) in [6.07, 6.45) is 6.95. The zero-order valence-electron chi connectivity index (χ0n) is 14.3. The average Bonchev–Trinajstić information content (AvgIpc) is 3.37. The molecule has 5 nitrogen and oxygen atoms in total. The summed E-state index contributed by atoms with van der Waals surface area (Å²) >= 11 is 1.74. The number of carbonyl (C=O) groups is 1. The largest absolute Gasteiger partial charge is 0.332 e. The maximum Gasteiger partial charge on any atom is 0.242 e. The fourth-order valence-corrected chi connectivity index (χ4v) is 5.90. The van der Waals surface area contributed by atoms with Crippen LogP contribution >= 0.6 is 11.3 Å². The third kappa shape index (κ3) is 2.67. The van der Waals surface area contributed by atoms with E-state index >= 15 is 0 Å². The van der Waals surface area contributed by atoms with Crippen LogP contribution in [0.1, 0.15) is 49.6 Å². The van der Waals surface area contributed by atoms with E-state index in [0.29, 0.717) is 12.0 Å². The first kappa shape index (κ1) is 15.7. The molecule has 1 aliphatic carbocycles. The summed E-state index contributed by atoms with van der Waals surface area (Å²) in [6.45, 7) is 0.856. The van der Waals surface area contributed by atoms with E-state index in [1.54, 1.807) is 11.3 Å². The number of nitrogens with zero attached hydrogens (tertiary/aromatic N) is 2. The van der Waals surface area contributed by atoms with Crippen LogP contribution in [0.4, 0.5) is 0 Å². The van der Waals surface area contributed by atoms with Gasteiger partial charge in [0.25, 0.3) is 0 Å². The van der Waals surface area contributed by atoms with Crippen molar-refractivity contribution in [3.63, 3.8) is 0 Å². The monoisotopic (exact) mass is 356 g/mol. The summed E-state index contributed by atoms with van der Waals surface area (Å²) < 4.78 is 1.21. The van der Waals surface area contributed by atoms with E-state index in [4.69, 9.17) is 4.98 Å². The number of thiazole rings is 1. The van der Waals surface area contributed by atoms with Crippen LogP contribution in [-0.4, -0.2) is 34.4 Å². The van der Waals surface area contributed by atoms with Crippen molar-refractivity contribution in [3.05, 3.63) is 29.3 Å². The van der Waals surface area contributed by atoms with Gasteiger partial charge in [0, 0.05) is 18.5 Å². The van der Waals surface area contributed by atoms with Crippen molar-refractivity contribution in [3.8, 4) is 0 Å². The Hall–Kier alpha value is -1.50.